The Balaban J connectivity index is 1.48. The van der Waals surface area contributed by atoms with Crippen LogP contribution in [0.5, 0.6) is 0 Å². The molecule has 1 unspecified atom stereocenters. The molecule has 3 aromatic heterocycles. The highest BCUT2D eigenvalue weighted by molar-refractivity contribution is 6.06. The Morgan fingerprint density at radius 2 is 2.10 bits per heavy atom. The molecule has 3 aromatic rings. The van der Waals surface area contributed by atoms with Crippen molar-refractivity contribution < 1.29 is 14.1 Å². The molecule has 2 aliphatic rings. The van der Waals surface area contributed by atoms with Crippen molar-refractivity contribution in [1.29, 1.82) is 0 Å². The highest BCUT2D eigenvalue weighted by Crippen LogP contribution is 2.41. The Morgan fingerprint density at radius 3 is 2.83 bits per heavy atom. The van der Waals surface area contributed by atoms with Crippen molar-refractivity contribution in [2.75, 3.05) is 20.1 Å². The SMILES string of the molecule is CNC(=O)c1cc(C2CC2)nc2onc(C3CCN(C(=O)c4cccnc4)C3)c12. The molecule has 1 N–H and O–H groups in total. The number of rotatable bonds is 4. The van der Waals surface area contributed by atoms with E-state index in [0.29, 0.717) is 46.9 Å². The number of nitrogens with zero attached hydrogens (tertiary/aromatic N) is 4. The average molecular weight is 391 g/mol. The van der Waals surface area contributed by atoms with Crippen molar-refractivity contribution in [3.05, 3.63) is 53.1 Å². The van der Waals surface area contributed by atoms with E-state index in [0.717, 1.165) is 25.0 Å². The molecule has 8 heteroatoms. The summed E-state index contributed by atoms with van der Waals surface area (Å²) in [5, 5.41) is 7.64. The summed E-state index contributed by atoms with van der Waals surface area (Å²) < 4.78 is 5.54. The Hall–Kier alpha value is -3.29. The topological polar surface area (TPSA) is 101 Å². The van der Waals surface area contributed by atoms with Crippen molar-refractivity contribution in [1.82, 2.24) is 25.3 Å². The van der Waals surface area contributed by atoms with Gasteiger partial charge in [-0.3, -0.25) is 14.6 Å². The normalized spacial score (nSPS) is 18.9. The van der Waals surface area contributed by atoms with Crippen LogP contribution in [0.25, 0.3) is 11.1 Å². The first-order chi connectivity index (χ1) is 14.2. The van der Waals surface area contributed by atoms with Gasteiger partial charge in [0.25, 0.3) is 17.5 Å². The van der Waals surface area contributed by atoms with Crippen molar-refractivity contribution >= 4 is 22.9 Å². The van der Waals surface area contributed by atoms with Crippen LogP contribution in [0.2, 0.25) is 0 Å². The number of aromatic nitrogens is 3. The van der Waals surface area contributed by atoms with Gasteiger partial charge in [-0.1, -0.05) is 5.16 Å². The van der Waals surface area contributed by atoms with Crippen LogP contribution in [0.4, 0.5) is 0 Å². The molecule has 4 heterocycles. The first kappa shape index (κ1) is 17.8. The molecule has 1 atom stereocenters. The molecule has 1 aliphatic carbocycles. The maximum atomic E-state index is 12.7. The van der Waals surface area contributed by atoms with Gasteiger partial charge in [0.05, 0.1) is 22.2 Å². The third-order valence-electron chi connectivity index (χ3n) is 5.73. The van der Waals surface area contributed by atoms with E-state index in [1.165, 1.54) is 0 Å². The number of carbonyl (C=O) groups is 2. The van der Waals surface area contributed by atoms with Gasteiger partial charge in [0, 0.05) is 50.1 Å². The highest BCUT2D eigenvalue weighted by Gasteiger charge is 2.34. The van der Waals surface area contributed by atoms with E-state index in [1.807, 2.05) is 6.07 Å². The van der Waals surface area contributed by atoms with E-state index in [1.54, 1.807) is 36.5 Å². The number of likely N-dealkylation sites (tertiary alicyclic amines) is 1. The molecule has 148 valence electrons. The van der Waals surface area contributed by atoms with Crippen molar-refractivity contribution in [2.24, 2.45) is 0 Å². The third-order valence-corrected chi connectivity index (χ3v) is 5.73. The minimum Gasteiger partial charge on any atom is -0.355 e. The summed E-state index contributed by atoms with van der Waals surface area (Å²) >= 11 is 0. The summed E-state index contributed by atoms with van der Waals surface area (Å²) in [7, 11) is 1.61. The Kier molecular flexibility index (Phi) is 4.26. The second-order valence-corrected chi connectivity index (χ2v) is 7.67. The fourth-order valence-corrected chi connectivity index (χ4v) is 4.01. The molecule has 29 heavy (non-hydrogen) atoms. The van der Waals surface area contributed by atoms with Crippen LogP contribution in [0.15, 0.2) is 35.1 Å². The summed E-state index contributed by atoms with van der Waals surface area (Å²) in [6.45, 7) is 1.14. The van der Waals surface area contributed by atoms with Crippen molar-refractivity contribution in [3.8, 4) is 0 Å². The predicted octanol–water partition coefficient (Wildman–Crippen LogP) is 2.48. The van der Waals surface area contributed by atoms with Crippen LogP contribution in [0.3, 0.4) is 0 Å². The van der Waals surface area contributed by atoms with Crippen LogP contribution in [-0.4, -0.2) is 52.0 Å². The quantitative estimate of drug-likeness (QED) is 0.733. The van der Waals surface area contributed by atoms with E-state index in [4.69, 9.17) is 4.52 Å². The monoisotopic (exact) mass is 391 g/mol. The zero-order valence-corrected chi connectivity index (χ0v) is 16.1. The second kappa shape index (κ2) is 6.95. The molecule has 8 nitrogen and oxygen atoms in total. The van der Waals surface area contributed by atoms with Gasteiger partial charge < -0.3 is 14.7 Å². The number of amides is 2. The molecular weight excluding hydrogens is 370 g/mol. The zero-order valence-electron chi connectivity index (χ0n) is 16.1. The molecule has 1 aliphatic heterocycles. The minimum atomic E-state index is -0.176. The fourth-order valence-electron chi connectivity index (χ4n) is 4.01. The largest absolute Gasteiger partial charge is 0.355 e. The molecule has 1 saturated carbocycles. The number of pyridine rings is 2. The molecule has 0 bridgehead atoms. The lowest BCUT2D eigenvalue weighted by Crippen LogP contribution is -2.28. The predicted molar refractivity (Wildman–Crippen MR) is 105 cm³/mol. The van der Waals surface area contributed by atoms with Gasteiger partial charge in [-0.25, -0.2) is 4.98 Å². The number of carbonyl (C=O) groups excluding carboxylic acids is 2. The van der Waals surface area contributed by atoms with Crippen molar-refractivity contribution in [3.63, 3.8) is 0 Å². The van der Waals surface area contributed by atoms with E-state index in [2.05, 4.69) is 20.4 Å². The van der Waals surface area contributed by atoms with Crippen LogP contribution >= 0.6 is 0 Å². The molecule has 5 rings (SSSR count). The average Bonchev–Trinajstić information content (AvgIpc) is 3.35. The minimum absolute atomic E-state index is 0.00569. The van der Waals surface area contributed by atoms with Gasteiger partial charge in [0.2, 0.25) is 0 Å². The molecule has 0 spiro atoms. The summed E-state index contributed by atoms with van der Waals surface area (Å²) in [5.74, 6) is 0.170. The maximum Gasteiger partial charge on any atom is 0.259 e. The second-order valence-electron chi connectivity index (χ2n) is 7.67. The summed E-state index contributed by atoms with van der Waals surface area (Å²) in [4.78, 5) is 35.7. The molecule has 0 aromatic carbocycles. The first-order valence-corrected chi connectivity index (χ1v) is 9.87. The van der Waals surface area contributed by atoms with Gasteiger partial charge in [-0.2, -0.15) is 0 Å². The van der Waals surface area contributed by atoms with Gasteiger partial charge in [0.1, 0.15) is 0 Å². The molecule has 1 saturated heterocycles. The van der Waals surface area contributed by atoms with E-state index in [-0.39, 0.29) is 17.7 Å². The highest BCUT2D eigenvalue weighted by atomic mass is 16.5. The lowest BCUT2D eigenvalue weighted by atomic mass is 9.98. The number of hydrogen-bond acceptors (Lipinski definition) is 6. The van der Waals surface area contributed by atoms with Gasteiger partial charge in [-0.15, -0.1) is 0 Å². The lowest BCUT2D eigenvalue weighted by molar-refractivity contribution is 0.0789. The van der Waals surface area contributed by atoms with Crippen LogP contribution in [0.1, 0.15) is 63.2 Å². The number of hydrogen-bond donors (Lipinski definition) is 1. The number of nitrogens with one attached hydrogen (secondary N) is 1. The van der Waals surface area contributed by atoms with Gasteiger partial charge in [-0.05, 0) is 37.5 Å². The van der Waals surface area contributed by atoms with Crippen LogP contribution < -0.4 is 5.32 Å². The standard InChI is InChI=1S/C21H21N5O3/c1-22-19(27)15-9-16(12-4-5-12)24-20-17(15)18(25-29-20)14-6-8-26(11-14)21(28)13-3-2-7-23-10-13/h2-3,7,9-10,12,14H,4-6,8,11H2,1H3,(H,22,27). The van der Waals surface area contributed by atoms with Crippen molar-refractivity contribution in [2.45, 2.75) is 31.1 Å². The van der Waals surface area contributed by atoms with E-state index in [9.17, 15) is 9.59 Å². The molecule has 0 radical (unpaired) electrons. The number of fused-ring (bicyclic) bond motifs is 1. The molecule has 2 amide bonds. The van der Waals surface area contributed by atoms with Crippen LogP contribution in [0, 0.1) is 0 Å². The fraction of sp³-hybridized carbons (Fsp3) is 0.381. The third kappa shape index (κ3) is 3.14. The molecular formula is C21H21N5O3. The van der Waals surface area contributed by atoms with E-state index < -0.39 is 0 Å². The lowest BCUT2D eigenvalue weighted by Gasteiger charge is -2.16. The summed E-state index contributed by atoms with van der Waals surface area (Å²) in [6.07, 6.45) is 6.15. The first-order valence-electron chi connectivity index (χ1n) is 9.87. The smallest absolute Gasteiger partial charge is 0.259 e. The van der Waals surface area contributed by atoms with Gasteiger partial charge >= 0.3 is 0 Å². The van der Waals surface area contributed by atoms with Crippen LogP contribution in [-0.2, 0) is 0 Å². The zero-order chi connectivity index (χ0) is 20.0. The Labute approximate surface area is 167 Å². The maximum absolute atomic E-state index is 12.7. The molecule has 2 fully saturated rings. The van der Waals surface area contributed by atoms with E-state index >= 15 is 0 Å². The Morgan fingerprint density at radius 1 is 1.24 bits per heavy atom. The van der Waals surface area contributed by atoms with Gasteiger partial charge in [0.15, 0.2) is 0 Å². The summed E-state index contributed by atoms with van der Waals surface area (Å²) in [6, 6.07) is 5.39. The Bertz CT molecular complexity index is 1090. The summed E-state index contributed by atoms with van der Waals surface area (Å²) in [5.41, 5.74) is 3.11.